The summed E-state index contributed by atoms with van der Waals surface area (Å²) in [5, 5.41) is 12.9. The Kier molecular flexibility index (Phi) is 2.99. The molecular formula is C13H19N3O3. The van der Waals surface area contributed by atoms with E-state index in [9.17, 15) is 9.90 Å². The summed E-state index contributed by atoms with van der Waals surface area (Å²) in [6.45, 7) is 1.03. The summed E-state index contributed by atoms with van der Waals surface area (Å²) in [6.07, 6.45) is 4.54. The van der Waals surface area contributed by atoms with Crippen molar-refractivity contribution in [3.63, 3.8) is 0 Å². The maximum atomic E-state index is 12.2. The number of amides is 1. The summed E-state index contributed by atoms with van der Waals surface area (Å²) in [5.41, 5.74) is 5.99. The van der Waals surface area contributed by atoms with E-state index >= 15 is 0 Å². The molecule has 1 aliphatic heterocycles. The topological polar surface area (TPSA) is 89.5 Å². The van der Waals surface area contributed by atoms with Crippen molar-refractivity contribution in [1.29, 1.82) is 0 Å². The van der Waals surface area contributed by atoms with Crippen LogP contribution in [0, 0.1) is 0 Å². The standard InChI is InChI=1S/C13H19N3O3/c14-9-5-11(16(6-9)10-1-2-10)12(17)15-7-13(18)3-4-19-8-13/h5-6,10,18H,1-4,7-8,14H2,(H,15,17). The lowest BCUT2D eigenvalue weighted by Crippen LogP contribution is -2.43. The molecule has 1 aromatic heterocycles. The first-order chi connectivity index (χ1) is 9.07. The SMILES string of the molecule is Nc1cc(C(=O)NCC2(O)CCOC2)n(C2CC2)c1. The van der Waals surface area contributed by atoms with E-state index in [0.717, 1.165) is 12.8 Å². The van der Waals surface area contributed by atoms with Crippen LogP contribution >= 0.6 is 0 Å². The first-order valence-electron chi connectivity index (χ1n) is 6.63. The molecule has 6 heteroatoms. The number of aromatic nitrogens is 1. The van der Waals surface area contributed by atoms with Crippen molar-refractivity contribution < 1.29 is 14.6 Å². The van der Waals surface area contributed by atoms with Crippen molar-refractivity contribution in [2.75, 3.05) is 25.5 Å². The summed E-state index contributed by atoms with van der Waals surface area (Å²) >= 11 is 0. The molecular weight excluding hydrogens is 246 g/mol. The summed E-state index contributed by atoms with van der Waals surface area (Å²) < 4.78 is 7.08. The first kappa shape index (κ1) is 12.5. The van der Waals surface area contributed by atoms with Crippen LogP contribution in [0.25, 0.3) is 0 Å². The first-order valence-corrected chi connectivity index (χ1v) is 6.63. The Hall–Kier alpha value is -1.53. The molecule has 1 amide bonds. The predicted molar refractivity (Wildman–Crippen MR) is 69.8 cm³/mol. The summed E-state index contributed by atoms with van der Waals surface area (Å²) in [5.74, 6) is -0.191. The number of nitrogens with two attached hydrogens (primary N) is 1. The number of nitrogens with zero attached hydrogens (tertiary/aromatic N) is 1. The van der Waals surface area contributed by atoms with Gasteiger partial charge in [-0.25, -0.2) is 0 Å². The fourth-order valence-corrected chi connectivity index (χ4v) is 2.41. The van der Waals surface area contributed by atoms with Crippen LogP contribution in [-0.4, -0.2) is 40.9 Å². The number of aliphatic hydroxyl groups is 1. The van der Waals surface area contributed by atoms with Gasteiger partial charge in [-0.3, -0.25) is 4.79 Å². The average molecular weight is 265 g/mol. The molecule has 0 bridgehead atoms. The molecule has 6 nitrogen and oxygen atoms in total. The minimum atomic E-state index is -0.932. The number of anilines is 1. The largest absolute Gasteiger partial charge is 0.397 e. The van der Waals surface area contributed by atoms with Gasteiger partial charge in [0.1, 0.15) is 11.3 Å². The third kappa shape index (κ3) is 2.59. The zero-order chi connectivity index (χ0) is 13.5. The maximum absolute atomic E-state index is 12.2. The zero-order valence-corrected chi connectivity index (χ0v) is 10.8. The van der Waals surface area contributed by atoms with E-state index in [4.69, 9.17) is 10.5 Å². The summed E-state index contributed by atoms with van der Waals surface area (Å²) in [6, 6.07) is 2.08. The summed E-state index contributed by atoms with van der Waals surface area (Å²) in [7, 11) is 0. The number of hydrogen-bond donors (Lipinski definition) is 3. The van der Waals surface area contributed by atoms with E-state index in [0.29, 0.717) is 30.5 Å². The summed E-state index contributed by atoms with van der Waals surface area (Å²) in [4.78, 5) is 12.2. The van der Waals surface area contributed by atoms with Crippen molar-refractivity contribution in [1.82, 2.24) is 9.88 Å². The van der Waals surface area contributed by atoms with Gasteiger partial charge in [0, 0.05) is 31.8 Å². The van der Waals surface area contributed by atoms with Crippen LogP contribution in [0.4, 0.5) is 5.69 Å². The molecule has 0 radical (unpaired) electrons. The molecule has 1 aliphatic carbocycles. The van der Waals surface area contributed by atoms with Gasteiger partial charge in [-0.2, -0.15) is 0 Å². The van der Waals surface area contributed by atoms with Gasteiger partial charge >= 0.3 is 0 Å². The number of nitrogen functional groups attached to an aromatic ring is 1. The van der Waals surface area contributed by atoms with Crippen molar-refractivity contribution in [2.45, 2.75) is 30.9 Å². The highest BCUT2D eigenvalue weighted by Gasteiger charge is 2.33. The van der Waals surface area contributed by atoms with Crippen LogP contribution in [0.5, 0.6) is 0 Å². The quantitative estimate of drug-likeness (QED) is 0.729. The highest BCUT2D eigenvalue weighted by Crippen LogP contribution is 2.37. The Morgan fingerprint density at radius 2 is 2.42 bits per heavy atom. The van der Waals surface area contributed by atoms with Crippen LogP contribution in [0.2, 0.25) is 0 Å². The van der Waals surface area contributed by atoms with Gasteiger partial charge in [-0.15, -0.1) is 0 Å². The molecule has 2 aliphatic rings. The van der Waals surface area contributed by atoms with Gasteiger partial charge in [0.2, 0.25) is 0 Å². The lowest BCUT2D eigenvalue weighted by Gasteiger charge is -2.20. The fraction of sp³-hybridized carbons (Fsp3) is 0.615. The minimum Gasteiger partial charge on any atom is -0.397 e. The lowest BCUT2D eigenvalue weighted by atomic mass is 10.0. The number of hydrogen-bond acceptors (Lipinski definition) is 4. The van der Waals surface area contributed by atoms with Crippen molar-refractivity contribution >= 4 is 11.6 Å². The van der Waals surface area contributed by atoms with Gasteiger partial charge in [0.05, 0.1) is 12.3 Å². The van der Waals surface area contributed by atoms with Gasteiger partial charge in [0.15, 0.2) is 0 Å². The molecule has 0 spiro atoms. The van der Waals surface area contributed by atoms with Gasteiger partial charge in [0.25, 0.3) is 5.91 Å². The van der Waals surface area contributed by atoms with E-state index < -0.39 is 5.60 Å². The molecule has 1 unspecified atom stereocenters. The van der Waals surface area contributed by atoms with E-state index in [1.807, 2.05) is 4.57 Å². The number of rotatable bonds is 4. The molecule has 19 heavy (non-hydrogen) atoms. The Morgan fingerprint density at radius 1 is 1.63 bits per heavy atom. The van der Waals surface area contributed by atoms with Gasteiger partial charge in [-0.05, 0) is 18.9 Å². The fourth-order valence-electron chi connectivity index (χ4n) is 2.41. The molecule has 1 saturated heterocycles. The third-order valence-electron chi connectivity index (χ3n) is 3.70. The van der Waals surface area contributed by atoms with Gasteiger partial charge in [-0.1, -0.05) is 0 Å². The second-order valence-electron chi connectivity index (χ2n) is 5.51. The number of carbonyl (C=O) groups is 1. The second-order valence-corrected chi connectivity index (χ2v) is 5.51. The number of nitrogens with one attached hydrogen (secondary N) is 1. The Morgan fingerprint density at radius 3 is 3.05 bits per heavy atom. The molecule has 2 heterocycles. The Labute approximate surface area is 111 Å². The minimum absolute atomic E-state index is 0.191. The van der Waals surface area contributed by atoms with E-state index in [1.165, 1.54) is 0 Å². The van der Waals surface area contributed by atoms with Gasteiger partial charge < -0.3 is 25.5 Å². The lowest BCUT2D eigenvalue weighted by molar-refractivity contribution is 0.0263. The molecule has 0 aromatic carbocycles. The van der Waals surface area contributed by atoms with E-state index in [-0.39, 0.29) is 19.1 Å². The molecule has 4 N–H and O–H groups in total. The maximum Gasteiger partial charge on any atom is 0.268 e. The number of ether oxygens (including phenoxy) is 1. The van der Waals surface area contributed by atoms with Crippen LogP contribution in [0.3, 0.4) is 0 Å². The molecule has 1 aromatic rings. The predicted octanol–water partition coefficient (Wildman–Crippen LogP) is 0.286. The Bertz CT molecular complexity index is 487. The van der Waals surface area contributed by atoms with Crippen LogP contribution in [0.15, 0.2) is 12.3 Å². The number of carbonyl (C=O) groups excluding carboxylic acids is 1. The molecule has 2 fully saturated rings. The monoisotopic (exact) mass is 265 g/mol. The second kappa shape index (κ2) is 4.54. The normalized spacial score (nSPS) is 26.6. The van der Waals surface area contributed by atoms with Crippen molar-refractivity contribution in [2.24, 2.45) is 0 Å². The van der Waals surface area contributed by atoms with Crippen molar-refractivity contribution in [3.8, 4) is 0 Å². The van der Waals surface area contributed by atoms with Crippen molar-refractivity contribution in [3.05, 3.63) is 18.0 Å². The molecule has 3 rings (SSSR count). The third-order valence-corrected chi connectivity index (χ3v) is 3.70. The molecule has 104 valence electrons. The van der Waals surface area contributed by atoms with Crippen LogP contribution in [-0.2, 0) is 4.74 Å². The highest BCUT2D eigenvalue weighted by atomic mass is 16.5. The average Bonchev–Trinajstić information content (AvgIpc) is 3.02. The molecule has 1 atom stereocenters. The smallest absolute Gasteiger partial charge is 0.268 e. The van der Waals surface area contributed by atoms with E-state index in [1.54, 1.807) is 12.3 Å². The van der Waals surface area contributed by atoms with E-state index in [2.05, 4.69) is 5.32 Å². The highest BCUT2D eigenvalue weighted by molar-refractivity contribution is 5.94. The zero-order valence-electron chi connectivity index (χ0n) is 10.8. The van der Waals surface area contributed by atoms with Crippen LogP contribution < -0.4 is 11.1 Å². The molecule has 1 saturated carbocycles. The van der Waals surface area contributed by atoms with Crippen LogP contribution in [0.1, 0.15) is 35.8 Å². The Balaban J connectivity index is 1.66.